The van der Waals surface area contributed by atoms with E-state index in [0.717, 1.165) is 10.2 Å². The van der Waals surface area contributed by atoms with Gasteiger partial charge >= 0.3 is 0 Å². The van der Waals surface area contributed by atoms with E-state index in [-0.39, 0.29) is 16.7 Å². The van der Waals surface area contributed by atoms with Gasteiger partial charge in [0.05, 0.1) is 16.8 Å². The molecule has 0 unspecified atom stereocenters. The van der Waals surface area contributed by atoms with Gasteiger partial charge in [-0.3, -0.25) is 14.8 Å². The average Bonchev–Trinajstić information content (AvgIpc) is 2.85. The first-order chi connectivity index (χ1) is 9.47. The van der Waals surface area contributed by atoms with Crippen LogP contribution in [0.5, 0.6) is 0 Å². The Morgan fingerprint density at radius 1 is 1.50 bits per heavy atom. The van der Waals surface area contributed by atoms with Crippen molar-refractivity contribution in [2.24, 2.45) is 0 Å². The number of benzene rings is 1. The van der Waals surface area contributed by atoms with Crippen LogP contribution in [0.3, 0.4) is 0 Å². The van der Waals surface area contributed by atoms with Crippen LogP contribution in [0, 0.1) is 10.1 Å². The summed E-state index contributed by atoms with van der Waals surface area (Å²) in [5.74, 6) is 0. The molecule has 0 aliphatic carbocycles. The standard InChI is InChI=1S/C13H15BrN4O2/c1-9(2)17-8-12(7-16-17)15-6-10-5-11(14)3-4-13(10)18(19)20/h3-5,7-9,15H,6H2,1-2H3. The van der Waals surface area contributed by atoms with Crippen molar-refractivity contribution in [3.8, 4) is 0 Å². The van der Waals surface area contributed by atoms with Crippen molar-refractivity contribution < 1.29 is 4.92 Å². The topological polar surface area (TPSA) is 73.0 Å². The largest absolute Gasteiger partial charge is 0.378 e. The highest BCUT2D eigenvalue weighted by atomic mass is 79.9. The Bertz CT molecular complexity index is 625. The molecule has 1 heterocycles. The van der Waals surface area contributed by atoms with Gasteiger partial charge in [0.1, 0.15) is 0 Å². The minimum atomic E-state index is -0.374. The lowest BCUT2D eigenvalue weighted by Crippen LogP contribution is -2.03. The number of rotatable bonds is 5. The molecule has 106 valence electrons. The van der Waals surface area contributed by atoms with Crippen LogP contribution in [0.4, 0.5) is 11.4 Å². The fraction of sp³-hybridized carbons (Fsp3) is 0.308. The van der Waals surface area contributed by atoms with E-state index in [0.29, 0.717) is 12.1 Å². The zero-order valence-electron chi connectivity index (χ0n) is 11.2. The SMILES string of the molecule is CC(C)n1cc(NCc2cc(Br)ccc2[N+](=O)[O-])cn1. The van der Waals surface area contributed by atoms with Crippen LogP contribution in [0.15, 0.2) is 35.1 Å². The first-order valence-corrected chi connectivity index (χ1v) is 6.97. The Kier molecular flexibility index (Phi) is 4.39. The molecular weight excluding hydrogens is 324 g/mol. The number of nitrogens with one attached hydrogen (secondary N) is 1. The molecule has 2 aromatic rings. The van der Waals surface area contributed by atoms with Gasteiger partial charge in [0, 0.05) is 34.9 Å². The second-order valence-corrected chi connectivity index (χ2v) is 5.60. The highest BCUT2D eigenvalue weighted by molar-refractivity contribution is 9.10. The molecule has 2 rings (SSSR count). The van der Waals surface area contributed by atoms with Gasteiger partial charge in [-0.25, -0.2) is 0 Å². The van der Waals surface area contributed by atoms with Gasteiger partial charge in [0.2, 0.25) is 0 Å². The maximum absolute atomic E-state index is 11.0. The summed E-state index contributed by atoms with van der Waals surface area (Å²) in [6, 6.07) is 5.19. The maximum atomic E-state index is 11.0. The summed E-state index contributed by atoms with van der Waals surface area (Å²) in [5.41, 5.74) is 1.58. The van der Waals surface area contributed by atoms with Gasteiger partial charge in [0.15, 0.2) is 0 Å². The molecule has 0 aliphatic heterocycles. The molecule has 1 N–H and O–H groups in total. The van der Waals surface area contributed by atoms with Gasteiger partial charge < -0.3 is 5.32 Å². The van der Waals surface area contributed by atoms with E-state index < -0.39 is 0 Å². The first kappa shape index (κ1) is 14.5. The fourth-order valence-corrected chi connectivity index (χ4v) is 2.19. The van der Waals surface area contributed by atoms with Crippen molar-refractivity contribution in [3.63, 3.8) is 0 Å². The Morgan fingerprint density at radius 3 is 2.85 bits per heavy atom. The number of nitro benzene ring substituents is 1. The van der Waals surface area contributed by atoms with E-state index in [9.17, 15) is 10.1 Å². The predicted octanol–water partition coefficient (Wildman–Crippen LogP) is 3.75. The van der Waals surface area contributed by atoms with Gasteiger partial charge in [-0.15, -0.1) is 0 Å². The molecule has 0 atom stereocenters. The summed E-state index contributed by atoms with van der Waals surface area (Å²) < 4.78 is 2.65. The Labute approximate surface area is 125 Å². The van der Waals surface area contributed by atoms with Crippen LogP contribution in [-0.2, 0) is 6.54 Å². The summed E-state index contributed by atoms with van der Waals surface area (Å²) in [6.45, 7) is 4.45. The number of aromatic nitrogens is 2. The van der Waals surface area contributed by atoms with Crippen LogP contribution >= 0.6 is 15.9 Å². The summed E-state index contributed by atoms with van der Waals surface area (Å²) in [7, 11) is 0. The third-order valence-electron chi connectivity index (χ3n) is 2.85. The summed E-state index contributed by atoms with van der Waals surface area (Å²) in [4.78, 5) is 10.6. The minimum Gasteiger partial charge on any atom is -0.378 e. The van der Waals surface area contributed by atoms with Gasteiger partial charge in [-0.1, -0.05) is 15.9 Å². The Morgan fingerprint density at radius 2 is 2.25 bits per heavy atom. The zero-order chi connectivity index (χ0) is 14.7. The van der Waals surface area contributed by atoms with E-state index in [1.54, 1.807) is 18.3 Å². The van der Waals surface area contributed by atoms with Crippen molar-refractivity contribution in [3.05, 3.63) is 50.7 Å². The third kappa shape index (κ3) is 3.36. The lowest BCUT2D eigenvalue weighted by Gasteiger charge is -2.06. The first-order valence-electron chi connectivity index (χ1n) is 6.18. The monoisotopic (exact) mass is 338 g/mol. The second kappa shape index (κ2) is 6.04. The van der Waals surface area contributed by atoms with E-state index in [2.05, 4.69) is 26.3 Å². The minimum absolute atomic E-state index is 0.108. The predicted molar refractivity (Wildman–Crippen MR) is 80.7 cm³/mol. The number of hydrogen-bond acceptors (Lipinski definition) is 4. The van der Waals surface area contributed by atoms with Gasteiger partial charge in [-0.05, 0) is 26.0 Å². The van der Waals surface area contributed by atoms with Crippen LogP contribution in [0.2, 0.25) is 0 Å². The molecule has 0 aliphatic rings. The van der Waals surface area contributed by atoms with E-state index >= 15 is 0 Å². The highest BCUT2D eigenvalue weighted by Crippen LogP contribution is 2.24. The van der Waals surface area contributed by atoms with Crippen molar-refractivity contribution in [2.45, 2.75) is 26.4 Å². The quantitative estimate of drug-likeness (QED) is 0.665. The summed E-state index contributed by atoms with van der Waals surface area (Å²) in [6.07, 6.45) is 3.60. The normalized spacial score (nSPS) is 10.8. The number of nitrogens with zero attached hydrogens (tertiary/aromatic N) is 3. The fourth-order valence-electron chi connectivity index (χ4n) is 1.78. The third-order valence-corrected chi connectivity index (χ3v) is 3.35. The van der Waals surface area contributed by atoms with Crippen molar-refractivity contribution in [1.82, 2.24) is 9.78 Å². The van der Waals surface area contributed by atoms with Crippen molar-refractivity contribution >= 4 is 27.3 Å². The number of hydrogen-bond donors (Lipinski definition) is 1. The molecule has 6 nitrogen and oxygen atoms in total. The highest BCUT2D eigenvalue weighted by Gasteiger charge is 2.13. The molecule has 20 heavy (non-hydrogen) atoms. The van der Waals surface area contributed by atoms with Gasteiger partial charge in [0.25, 0.3) is 5.69 Å². The van der Waals surface area contributed by atoms with Crippen LogP contribution < -0.4 is 5.32 Å². The summed E-state index contributed by atoms with van der Waals surface area (Å²) in [5, 5.41) is 18.3. The molecule has 0 bridgehead atoms. The smallest absolute Gasteiger partial charge is 0.274 e. The molecule has 1 aromatic heterocycles. The van der Waals surface area contributed by atoms with Crippen molar-refractivity contribution in [1.29, 1.82) is 0 Å². The van der Waals surface area contributed by atoms with Gasteiger partial charge in [-0.2, -0.15) is 5.10 Å². The lowest BCUT2D eigenvalue weighted by atomic mass is 10.2. The molecule has 1 aromatic carbocycles. The van der Waals surface area contributed by atoms with E-state index in [4.69, 9.17) is 0 Å². The van der Waals surface area contributed by atoms with Crippen LogP contribution in [-0.4, -0.2) is 14.7 Å². The zero-order valence-corrected chi connectivity index (χ0v) is 12.8. The van der Waals surface area contributed by atoms with Crippen LogP contribution in [0.1, 0.15) is 25.5 Å². The second-order valence-electron chi connectivity index (χ2n) is 4.69. The maximum Gasteiger partial charge on any atom is 0.274 e. The lowest BCUT2D eigenvalue weighted by molar-refractivity contribution is -0.385. The molecule has 0 spiro atoms. The molecular formula is C13H15BrN4O2. The van der Waals surface area contributed by atoms with E-state index in [1.807, 2.05) is 24.7 Å². The Balaban J connectivity index is 2.13. The number of nitro groups is 1. The summed E-state index contributed by atoms with van der Waals surface area (Å²) >= 11 is 3.33. The molecule has 0 saturated heterocycles. The van der Waals surface area contributed by atoms with E-state index in [1.165, 1.54) is 6.07 Å². The molecule has 0 saturated carbocycles. The average molecular weight is 339 g/mol. The van der Waals surface area contributed by atoms with Crippen molar-refractivity contribution in [2.75, 3.05) is 5.32 Å². The molecule has 0 radical (unpaired) electrons. The molecule has 0 fully saturated rings. The number of halogens is 1. The number of anilines is 1. The van der Waals surface area contributed by atoms with Crippen LogP contribution in [0.25, 0.3) is 0 Å². The molecule has 0 amide bonds. The molecule has 7 heteroatoms. The Hall–Kier alpha value is -1.89.